The molecule has 0 radical (unpaired) electrons. The van der Waals surface area contributed by atoms with Crippen LogP contribution >= 0.6 is 11.3 Å². The number of nitrogens with zero attached hydrogens (tertiary/aromatic N) is 1. The lowest BCUT2D eigenvalue weighted by Crippen LogP contribution is -2.10. The van der Waals surface area contributed by atoms with Gasteiger partial charge in [-0.2, -0.15) is 0 Å². The quantitative estimate of drug-likeness (QED) is 0.907. The molecule has 5 heteroatoms. The van der Waals surface area contributed by atoms with Crippen molar-refractivity contribution in [3.8, 4) is 0 Å². The Labute approximate surface area is 104 Å². The zero-order chi connectivity index (χ0) is 12.3. The standard InChI is InChI=1S/C12H14N2O2S/c1-3-8-7-10(16-9(8)4-2)11(15)14-12-13-5-6-17-12/h5-7H,3-4H2,1-2H3,(H,13,14,15). The summed E-state index contributed by atoms with van der Waals surface area (Å²) < 4.78 is 5.53. The third-order valence-electron chi connectivity index (χ3n) is 2.48. The van der Waals surface area contributed by atoms with Gasteiger partial charge in [0.05, 0.1) is 0 Å². The van der Waals surface area contributed by atoms with Crippen LogP contribution in [-0.4, -0.2) is 10.9 Å². The van der Waals surface area contributed by atoms with Crippen LogP contribution in [0.15, 0.2) is 22.1 Å². The van der Waals surface area contributed by atoms with Crippen LogP contribution in [0.25, 0.3) is 0 Å². The maximum atomic E-state index is 11.9. The molecule has 0 aliphatic rings. The number of carbonyl (C=O) groups excluding carboxylic acids is 1. The zero-order valence-corrected chi connectivity index (χ0v) is 10.6. The van der Waals surface area contributed by atoms with Gasteiger partial charge in [0.1, 0.15) is 5.76 Å². The van der Waals surface area contributed by atoms with Crippen LogP contribution in [0.4, 0.5) is 5.13 Å². The zero-order valence-electron chi connectivity index (χ0n) is 9.82. The van der Waals surface area contributed by atoms with Gasteiger partial charge in [0.15, 0.2) is 10.9 Å². The van der Waals surface area contributed by atoms with E-state index in [1.807, 2.05) is 25.3 Å². The summed E-state index contributed by atoms with van der Waals surface area (Å²) in [4.78, 5) is 15.9. The minimum atomic E-state index is -0.241. The topological polar surface area (TPSA) is 55.1 Å². The van der Waals surface area contributed by atoms with Crippen molar-refractivity contribution in [2.24, 2.45) is 0 Å². The molecule has 0 atom stereocenters. The fraction of sp³-hybridized carbons (Fsp3) is 0.333. The summed E-state index contributed by atoms with van der Waals surface area (Å²) in [6.07, 6.45) is 3.32. The predicted octanol–water partition coefficient (Wildman–Crippen LogP) is 3.11. The maximum absolute atomic E-state index is 11.9. The summed E-state index contributed by atoms with van der Waals surface area (Å²) in [5.41, 5.74) is 1.09. The van der Waals surface area contributed by atoms with Crippen LogP contribution in [0, 0.1) is 0 Å². The Morgan fingerprint density at radius 2 is 2.29 bits per heavy atom. The van der Waals surface area contributed by atoms with Crippen molar-refractivity contribution in [3.05, 3.63) is 34.7 Å². The highest BCUT2D eigenvalue weighted by Crippen LogP contribution is 2.19. The van der Waals surface area contributed by atoms with Gasteiger partial charge >= 0.3 is 0 Å². The van der Waals surface area contributed by atoms with Crippen molar-refractivity contribution >= 4 is 22.4 Å². The van der Waals surface area contributed by atoms with E-state index in [-0.39, 0.29) is 5.91 Å². The number of hydrogen-bond acceptors (Lipinski definition) is 4. The van der Waals surface area contributed by atoms with Crippen molar-refractivity contribution < 1.29 is 9.21 Å². The second kappa shape index (κ2) is 5.14. The molecule has 2 heterocycles. The first kappa shape index (κ1) is 11.9. The molecular weight excluding hydrogens is 236 g/mol. The largest absolute Gasteiger partial charge is 0.456 e. The van der Waals surface area contributed by atoms with Crippen LogP contribution in [0.3, 0.4) is 0 Å². The van der Waals surface area contributed by atoms with Crippen molar-refractivity contribution in [2.75, 3.05) is 5.32 Å². The lowest BCUT2D eigenvalue weighted by Gasteiger charge is -1.97. The molecule has 0 saturated carbocycles. The average Bonchev–Trinajstić information content (AvgIpc) is 2.96. The molecule has 0 saturated heterocycles. The van der Waals surface area contributed by atoms with E-state index in [0.29, 0.717) is 10.9 Å². The monoisotopic (exact) mass is 250 g/mol. The van der Waals surface area contributed by atoms with Gasteiger partial charge in [-0.1, -0.05) is 13.8 Å². The number of nitrogens with one attached hydrogen (secondary N) is 1. The van der Waals surface area contributed by atoms with E-state index in [4.69, 9.17) is 4.42 Å². The summed E-state index contributed by atoms with van der Waals surface area (Å²) in [6.45, 7) is 4.06. The van der Waals surface area contributed by atoms with Crippen LogP contribution in [0.2, 0.25) is 0 Å². The Morgan fingerprint density at radius 3 is 2.82 bits per heavy atom. The average molecular weight is 250 g/mol. The number of rotatable bonds is 4. The Kier molecular flexibility index (Phi) is 3.58. The van der Waals surface area contributed by atoms with Crippen molar-refractivity contribution in [1.82, 2.24) is 4.98 Å². The van der Waals surface area contributed by atoms with Gasteiger partial charge in [-0.15, -0.1) is 11.3 Å². The molecule has 90 valence electrons. The van der Waals surface area contributed by atoms with Crippen molar-refractivity contribution in [2.45, 2.75) is 26.7 Å². The first-order chi connectivity index (χ1) is 8.24. The van der Waals surface area contributed by atoms with Crippen molar-refractivity contribution in [1.29, 1.82) is 0 Å². The molecule has 1 amide bonds. The molecule has 4 nitrogen and oxygen atoms in total. The normalized spacial score (nSPS) is 10.5. The smallest absolute Gasteiger partial charge is 0.293 e. The summed E-state index contributed by atoms with van der Waals surface area (Å²) in [7, 11) is 0. The summed E-state index contributed by atoms with van der Waals surface area (Å²) >= 11 is 1.38. The molecule has 0 aliphatic carbocycles. The first-order valence-corrected chi connectivity index (χ1v) is 6.45. The van der Waals surface area contributed by atoms with Crippen LogP contribution in [-0.2, 0) is 12.8 Å². The predicted molar refractivity (Wildman–Crippen MR) is 67.5 cm³/mol. The third kappa shape index (κ3) is 2.55. The Hall–Kier alpha value is -1.62. The van der Waals surface area contributed by atoms with E-state index in [2.05, 4.69) is 10.3 Å². The van der Waals surface area contributed by atoms with Crippen LogP contribution in [0.1, 0.15) is 35.7 Å². The van der Waals surface area contributed by atoms with E-state index >= 15 is 0 Å². The molecule has 0 aliphatic heterocycles. The van der Waals surface area contributed by atoms with Gasteiger partial charge in [-0.3, -0.25) is 10.1 Å². The van der Waals surface area contributed by atoms with E-state index in [9.17, 15) is 4.79 Å². The fourth-order valence-electron chi connectivity index (χ4n) is 1.62. The number of thiazole rings is 1. The third-order valence-corrected chi connectivity index (χ3v) is 3.16. The Bertz CT molecular complexity index is 481. The van der Waals surface area contributed by atoms with E-state index in [1.54, 1.807) is 6.20 Å². The van der Waals surface area contributed by atoms with Gasteiger partial charge in [0.2, 0.25) is 0 Å². The SMILES string of the molecule is CCc1cc(C(=O)Nc2nccs2)oc1CC. The number of amides is 1. The molecule has 0 aromatic carbocycles. The maximum Gasteiger partial charge on any atom is 0.293 e. The molecule has 2 rings (SSSR count). The van der Waals surface area contributed by atoms with Gasteiger partial charge in [-0.25, -0.2) is 4.98 Å². The van der Waals surface area contributed by atoms with E-state index in [0.717, 1.165) is 24.2 Å². The minimum Gasteiger partial charge on any atom is -0.456 e. The lowest BCUT2D eigenvalue weighted by molar-refractivity contribution is 0.0995. The highest BCUT2D eigenvalue weighted by molar-refractivity contribution is 7.13. The molecule has 2 aromatic heterocycles. The highest BCUT2D eigenvalue weighted by Gasteiger charge is 2.15. The van der Waals surface area contributed by atoms with E-state index in [1.165, 1.54) is 11.3 Å². The van der Waals surface area contributed by atoms with Gasteiger partial charge in [-0.05, 0) is 18.1 Å². The molecule has 0 fully saturated rings. The minimum absolute atomic E-state index is 0.241. The molecule has 2 aromatic rings. The molecule has 0 bridgehead atoms. The fourth-order valence-corrected chi connectivity index (χ4v) is 2.14. The molecule has 17 heavy (non-hydrogen) atoms. The number of carbonyl (C=O) groups is 1. The number of aryl methyl sites for hydroxylation is 2. The highest BCUT2D eigenvalue weighted by atomic mass is 32.1. The number of aromatic nitrogens is 1. The summed E-state index contributed by atoms with van der Waals surface area (Å²) in [5, 5.41) is 5.10. The van der Waals surface area contributed by atoms with Gasteiger partial charge < -0.3 is 4.42 Å². The van der Waals surface area contributed by atoms with E-state index < -0.39 is 0 Å². The molecular formula is C12H14N2O2S. The van der Waals surface area contributed by atoms with Crippen LogP contribution in [0.5, 0.6) is 0 Å². The Morgan fingerprint density at radius 1 is 1.47 bits per heavy atom. The first-order valence-electron chi connectivity index (χ1n) is 5.57. The second-order valence-electron chi connectivity index (χ2n) is 3.56. The second-order valence-corrected chi connectivity index (χ2v) is 4.45. The number of hydrogen-bond donors (Lipinski definition) is 1. The Balaban J connectivity index is 2.16. The van der Waals surface area contributed by atoms with Crippen LogP contribution < -0.4 is 5.32 Å². The lowest BCUT2D eigenvalue weighted by atomic mass is 10.1. The number of anilines is 1. The summed E-state index contributed by atoms with van der Waals surface area (Å²) in [6, 6.07) is 1.81. The molecule has 1 N–H and O–H groups in total. The summed E-state index contributed by atoms with van der Waals surface area (Å²) in [5.74, 6) is 1.00. The van der Waals surface area contributed by atoms with Gasteiger partial charge in [0.25, 0.3) is 5.91 Å². The van der Waals surface area contributed by atoms with Gasteiger partial charge in [0, 0.05) is 18.0 Å². The molecule has 0 unspecified atom stereocenters. The molecule has 0 spiro atoms. The van der Waals surface area contributed by atoms with Crippen molar-refractivity contribution in [3.63, 3.8) is 0 Å². The number of furan rings is 1.